The number of carbonyl (C=O) groups excluding carboxylic acids is 2. The number of amides is 2. The van der Waals surface area contributed by atoms with Crippen molar-refractivity contribution in [2.75, 3.05) is 44.5 Å². The van der Waals surface area contributed by atoms with Crippen LogP contribution in [0.25, 0.3) is 11.3 Å². The van der Waals surface area contributed by atoms with Gasteiger partial charge in [0.05, 0.1) is 30.9 Å². The van der Waals surface area contributed by atoms with Gasteiger partial charge in [-0.1, -0.05) is 30.3 Å². The normalized spacial score (nSPS) is 17.7. The Morgan fingerprint density at radius 3 is 2.32 bits per heavy atom. The molecule has 4 aliphatic rings. The summed E-state index contributed by atoms with van der Waals surface area (Å²) in [6.45, 7) is 4.32. The van der Waals surface area contributed by atoms with E-state index in [0.717, 1.165) is 37.2 Å². The highest BCUT2D eigenvalue weighted by molar-refractivity contribution is 6.09. The molecule has 12 heteroatoms. The van der Waals surface area contributed by atoms with Crippen LogP contribution < -0.4 is 14.4 Å². The summed E-state index contributed by atoms with van der Waals surface area (Å²) in [5.74, 6) is -1.16. The molecule has 0 spiro atoms. The number of phenolic OH excluding ortho intramolecular Hbond substituents is 1. The van der Waals surface area contributed by atoms with Gasteiger partial charge in [0.15, 0.2) is 11.5 Å². The van der Waals surface area contributed by atoms with E-state index in [1.165, 1.54) is 40.8 Å². The fraction of sp³-hybridized carbons (Fsp3) is 0.318. The number of morpholine rings is 1. The van der Waals surface area contributed by atoms with E-state index < -0.39 is 17.5 Å². The summed E-state index contributed by atoms with van der Waals surface area (Å²) in [5, 5.41) is 10.1. The second-order valence-corrected chi connectivity index (χ2v) is 14.8. The van der Waals surface area contributed by atoms with Crippen LogP contribution in [0.2, 0.25) is 0 Å². The van der Waals surface area contributed by atoms with Crippen molar-refractivity contribution in [2.24, 2.45) is 0 Å². The quantitative estimate of drug-likeness (QED) is 0.183. The number of ether oxygens (including phenoxy) is 3. The monoisotopic (exact) mass is 760 g/mol. The maximum absolute atomic E-state index is 15.2. The minimum Gasteiger partial charge on any atom is -0.508 e. The average molecular weight is 761 g/mol. The summed E-state index contributed by atoms with van der Waals surface area (Å²) < 4.78 is 49.6. The zero-order valence-corrected chi connectivity index (χ0v) is 30.9. The van der Waals surface area contributed by atoms with E-state index in [-0.39, 0.29) is 36.6 Å². The number of hydrogen-bond donors (Lipinski definition) is 1. The molecule has 1 N–H and O–H groups in total. The molecule has 56 heavy (non-hydrogen) atoms. The van der Waals surface area contributed by atoms with Crippen LogP contribution >= 0.6 is 0 Å². The Morgan fingerprint density at radius 1 is 0.821 bits per heavy atom. The Labute approximate surface area is 323 Å². The van der Waals surface area contributed by atoms with Gasteiger partial charge in [0.1, 0.15) is 17.4 Å². The predicted octanol–water partition coefficient (Wildman–Crippen LogP) is 6.95. The molecular weight excluding hydrogens is 719 g/mol. The first-order chi connectivity index (χ1) is 27.3. The molecule has 1 aromatic heterocycles. The summed E-state index contributed by atoms with van der Waals surface area (Å²) in [6, 6.07) is 23.2. The number of anilines is 1. The van der Waals surface area contributed by atoms with E-state index in [2.05, 4.69) is 21.6 Å². The lowest BCUT2D eigenvalue weighted by molar-refractivity contribution is 0.0193. The molecule has 10 nitrogen and oxygen atoms in total. The number of phenols is 1. The van der Waals surface area contributed by atoms with Crippen molar-refractivity contribution in [3.8, 4) is 28.5 Å². The molecule has 5 aromatic rings. The Balaban J connectivity index is 1.14. The van der Waals surface area contributed by atoms with E-state index in [4.69, 9.17) is 14.2 Å². The third-order valence-electron chi connectivity index (χ3n) is 11.5. The van der Waals surface area contributed by atoms with Gasteiger partial charge >= 0.3 is 0 Å². The van der Waals surface area contributed by atoms with Gasteiger partial charge < -0.3 is 33.7 Å². The van der Waals surface area contributed by atoms with Crippen molar-refractivity contribution < 1.29 is 37.7 Å². The van der Waals surface area contributed by atoms with Crippen LogP contribution in [0.1, 0.15) is 55.9 Å². The molecule has 9 rings (SSSR count). The molecule has 0 radical (unpaired) electrons. The minimum atomic E-state index is -0.767. The van der Waals surface area contributed by atoms with Crippen LogP contribution in [0.4, 0.5) is 14.5 Å². The molecule has 4 aliphatic heterocycles. The lowest BCUT2D eigenvalue weighted by atomic mass is 9.92. The maximum Gasteiger partial charge on any atom is 0.260 e. The Kier molecular flexibility index (Phi) is 9.68. The number of aromatic nitrogens is 1. The summed E-state index contributed by atoms with van der Waals surface area (Å²) >= 11 is 0. The second kappa shape index (κ2) is 15.1. The molecule has 288 valence electrons. The number of aromatic hydroxyl groups is 1. The fourth-order valence-corrected chi connectivity index (χ4v) is 8.54. The lowest BCUT2D eigenvalue weighted by Crippen LogP contribution is -2.52. The molecule has 1 unspecified atom stereocenters. The first kappa shape index (κ1) is 35.9. The van der Waals surface area contributed by atoms with Gasteiger partial charge in [-0.3, -0.25) is 14.5 Å². The molecule has 0 saturated carbocycles. The van der Waals surface area contributed by atoms with Gasteiger partial charge in [-0.2, -0.15) is 0 Å². The van der Waals surface area contributed by atoms with Gasteiger partial charge in [-0.25, -0.2) is 8.78 Å². The standard InChI is InChI=1S/C44H42F2N4O6/c45-37-8-5-9-38(46)36(37)26-50(30-11-13-32(51)14-12-30)44(53)35-21-40(48-15-4-3-10-39(35)48)33-22-41-42(56-27-55-41)23-34(33)43(52)49-24-29-7-2-1-6-28(29)20-31(49)25-47-16-18-54-19-17-47/h1-2,5-9,11-14,21-23,31,51H,3-4,10,15-20,24-27H2. The van der Waals surface area contributed by atoms with Crippen molar-refractivity contribution in [1.29, 1.82) is 0 Å². The van der Waals surface area contributed by atoms with Gasteiger partial charge in [0, 0.05) is 67.0 Å². The van der Waals surface area contributed by atoms with Crippen LogP contribution in [0.5, 0.6) is 17.2 Å². The van der Waals surface area contributed by atoms with Crippen LogP contribution in [-0.2, 0) is 37.2 Å². The minimum absolute atomic E-state index is 0.00821. The average Bonchev–Trinajstić information content (AvgIpc) is 3.85. The smallest absolute Gasteiger partial charge is 0.260 e. The molecule has 4 aromatic carbocycles. The van der Waals surface area contributed by atoms with E-state index in [9.17, 15) is 9.90 Å². The number of rotatable bonds is 8. The molecule has 1 atom stereocenters. The van der Waals surface area contributed by atoms with Crippen LogP contribution in [0, 0.1) is 11.6 Å². The molecule has 0 aliphatic carbocycles. The summed E-state index contributed by atoms with van der Waals surface area (Å²) in [5.41, 5.74) is 5.34. The zero-order valence-electron chi connectivity index (χ0n) is 30.9. The van der Waals surface area contributed by atoms with Crippen molar-refractivity contribution in [3.63, 3.8) is 0 Å². The molecular formula is C44H42F2N4O6. The third kappa shape index (κ3) is 6.77. The highest BCUT2D eigenvalue weighted by Crippen LogP contribution is 2.42. The molecule has 5 heterocycles. The molecule has 0 bridgehead atoms. The first-order valence-corrected chi connectivity index (χ1v) is 19.2. The number of carbonyl (C=O) groups is 2. The zero-order chi connectivity index (χ0) is 38.3. The van der Waals surface area contributed by atoms with Crippen molar-refractivity contribution in [2.45, 2.75) is 51.4 Å². The van der Waals surface area contributed by atoms with E-state index in [1.807, 2.05) is 23.1 Å². The highest BCUT2D eigenvalue weighted by Gasteiger charge is 2.36. The Hall–Kier alpha value is -5.72. The van der Waals surface area contributed by atoms with Gasteiger partial charge in [-0.05, 0) is 91.4 Å². The summed E-state index contributed by atoms with van der Waals surface area (Å²) in [4.78, 5) is 35.7. The Bertz CT molecular complexity index is 2280. The van der Waals surface area contributed by atoms with Gasteiger partial charge in [-0.15, -0.1) is 0 Å². The summed E-state index contributed by atoms with van der Waals surface area (Å²) in [7, 11) is 0. The van der Waals surface area contributed by atoms with E-state index in [0.29, 0.717) is 85.3 Å². The Morgan fingerprint density at radius 2 is 1.55 bits per heavy atom. The van der Waals surface area contributed by atoms with Crippen molar-refractivity contribution in [1.82, 2.24) is 14.4 Å². The highest BCUT2D eigenvalue weighted by atomic mass is 19.1. The summed E-state index contributed by atoms with van der Waals surface area (Å²) in [6.07, 6.45) is 3.02. The van der Waals surface area contributed by atoms with Crippen LogP contribution in [0.15, 0.2) is 84.9 Å². The number of benzene rings is 4. The van der Waals surface area contributed by atoms with Crippen LogP contribution in [-0.4, -0.2) is 77.0 Å². The second-order valence-electron chi connectivity index (χ2n) is 14.8. The third-order valence-corrected chi connectivity index (χ3v) is 11.5. The van der Waals surface area contributed by atoms with Crippen LogP contribution in [0.3, 0.4) is 0 Å². The SMILES string of the molecule is O=C(c1cc(-c2cc3c(cc2C(=O)N2Cc4ccccc4CC2CN2CCOCC2)OCO3)n2c1CCCC2)N(Cc1c(F)cccc1F)c1ccc(O)cc1. The van der Waals surface area contributed by atoms with E-state index in [1.54, 1.807) is 24.3 Å². The van der Waals surface area contributed by atoms with E-state index >= 15 is 13.6 Å². The molecule has 1 fully saturated rings. The first-order valence-electron chi connectivity index (χ1n) is 19.2. The molecule has 1 saturated heterocycles. The number of fused-ring (bicyclic) bond motifs is 3. The molecule has 2 amide bonds. The van der Waals surface area contributed by atoms with Crippen molar-refractivity contribution >= 4 is 17.5 Å². The largest absolute Gasteiger partial charge is 0.508 e. The number of nitrogens with zero attached hydrogens (tertiary/aromatic N) is 4. The predicted molar refractivity (Wildman–Crippen MR) is 205 cm³/mol. The fourth-order valence-electron chi connectivity index (χ4n) is 8.54. The van der Waals surface area contributed by atoms with Gasteiger partial charge in [0.2, 0.25) is 6.79 Å². The van der Waals surface area contributed by atoms with Gasteiger partial charge in [0.25, 0.3) is 11.8 Å². The number of hydrogen-bond acceptors (Lipinski definition) is 7. The topological polar surface area (TPSA) is 96.7 Å². The van der Waals surface area contributed by atoms with Crippen molar-refractivity contribution in [3.05, 3.63) is 130 Å². The maximum atomic E-state index is 15.2. The lowest BCUT2D eigenvalue weighted by Gasteiger charge is -2.40. The number of halogens is 2.